The Morgan fingerprint density at radius 3 is 2.79 bits per heavy atom. The maximum absolute atomic E-state index is 12.8. The van der Waals surface area contributed by atoms with Gasteiger partial charge in [-0.25, -0.2) is 9.98 Å². The van der Waals surface area contributed by atoms with Gasteiger partial charge in [0.25, 0.3) is 5.91 Å². The average Bonchev–Trinajstić information content (AvgIpc) is 2.95. The maximum Gasteiger partial charge on any atom is 0.296 e. The molecular weight excluding hydrogens is 352 g/mol. The summed E-state index contributed by atoms with van der Waals surface area (Å²) in [5.74, 6) is -0.518. The van der Waals surface area contributed by atoms with Crippen LogP contribution in [0.2, 0.25) is 0 Å². The topological polar surface area (TPSA) is 75.8 Å². The average molecular weight is 374 g/mol. The van der Waals surface area contributed by atoms with E-state index in [4.69, 9.17) is 0 Å². The molecule has 4 rings (SSSR count). The molecule has 1 aliphatic heterocycles. The summed E-state index contributed by atoms with van der Waals surface area (Å²) >= 11 is 0. The van der Waals surface area contributed by atoms with Crippen LogP contribution in [0.5, 0.6) is 0 Å². The number of hydrogen-bond acceptors (Lipinski definition) is 3. The molecule has 6 nitrogen and oxygen atoms in total. The molecule has 0 saturated carbocycles. The van der Waals surface area contributed by atoms with Crippen LogP contribution in [-0.2, 0) is 4.79 Å². The Kier molecular flexibility index (Phi) is 4.14. The van der Waals surface area contributed by atoms with Crippen LogP contribution in [0.25, 0.3) is 5.65 Å². The number of amides is 2. The van der Waals surface area contributed by atoms with Crippen molar-refractivity contribution in [3.63, 3.8) is 0 Å². The third-order valence-corrected chi connectivity index (χ3v) is 4.99. The monoisotopic (exact) mass is 374 g/mol. The number of aromatic nitrogens is 2. The van der Waals surface area contributed by atoms with E-state index in [0.29, 0.717) is 22.7 Å². The lowest BCUT2D eigenvalue weighted by Gasteiger charge is -2.34. The molecular formula is C22H22N4O2. The van der Waals surface area contributed by atoms with Gasteiger partial charge < -0.3 is 5.32 Å². The summed E-state index contributed by atoms with van der Waals surface area (Å²) < 4.78 is 1.74. The highest BCUT2D eigenvalue weighted by molar-refractivity contribution is 6.14. The van der Waals surface area contributed by atoms with E-state index in [-0.39, 0.29) is 23.1 Å². The van der Waals surface area contributed by atoms with Crippen molar-refractivity contribution in [2.45, 2.75) is 27.7 Å². The number of carbonyl (C=O) groups is 2. The Bertz CT molecular complexity index is 1120. The standard InChI is InChI=1S/C22H22N4O2/c1-13-20(26-10-6-5-7-18(26)23-13)21(28)24-14-8-9-15-16(22(2,3)4)12-19(27)25-17(15)11-14/h5-12,15H,1-4H3,(H,25,27). The molecule has 0 bridgehead atoms. The Morgan fingerprint density at radius 2 is 2.04 bits per heavy atom. The Labute approximate surface area is 163 Å². The van der Waals surface area contributed by atoms with Crippen LogP contribution in [0.3, 0.4) is 0 Å². The second kappa shape index (κ2) is 6.41. The zero-order chi connectivity index (χ0) is 20.1. The predicted molar refractivity (Wildman–Crippen MR) is 108 cm³/mol. The second-order valence-corrected chi connectivity index (χ2v) is 8.09. The normalized spacial score (nSPS) is 20.6. The van der Waals surface area contributed by atoms with Gasteiger partial charge >= 0.3 is 0 Å². The molecule has 0 radical (unpaired) electrons. The molecule has 0 spiro atoms. The van der Waals surface area contributed by atoms with Crippen LogP contribution in [0.4, 0.5) is 0 Å². The summed E-state index contributed by atoms with van der Waals surface area (Å²) in [5, 5.41) is 2.88. The van der Waals surface area contributed by atoms with E-state index >= 15 is 0 Å². The predicted octanol–water partition coefficient (Wildman–Crippen LogP) is 3.40. The highest BCUT2D eigenvalue weighted by Gasteiger charge is 2.32. The van der Waals surface area contributed by atoms with Gasteiger partial charge in [-0.05, 0) is 42.2 Å². The fourth-order valence-corrected chi connectivity index (χ4v) is 3.68. The molecule has 1 unspecified atom stereocenters. The van der Waals surface area contributed by atoms with Gasteiger partial charge in [0.2, 0.25) is 5.91 Å². The molecule has 0 fully saturated rings. The first kappa shape index (κ1) is 18.1. The molecule has 1 atom stereocenters. The van der Waals surface area contributed by atoms with E-state index in [2.05, 4.69) is 36.1 Å². The van der Waals surface area contributed by atoms with Crippen molar-refractivity contribution >= 4 is 23.2 Å². The molecule has 0 saturated heterocycles. The lowest BCUT2D eigenvalue weighted by molar-refractivity contribution is -0.116. The van der Waals surface area contributed by atoms with Gasteiger partial charge in [-0.15, -0.1) is 0 Å². The first-order valence-corrected chi connectivity index (χ1v) is 9.23. The lowest BCUT2D eigenvalue weighted by Crippen LogP contribution is -2.36. The number of nitrogens with zero attached hydrogens (tertiary/aromatic N) is 3. The quantitative estimate of drug-likeness (QED) is 0.831. The van der Waals surface area contributed by atoms with Gasteiger partial charge in [0.1, 0.15) is 11.3 Å². The zero-order valence-electron chi connectivity index (χ0n) is 16.4. The third-order valence-electron chi connectivity index (χ3n) is 4.99. The molecule has 6 heteroatoms. The zero-order valence-corrected chi connectivity index (χ0v) is 16.4. The molecule has 2 aromatic rings. The van der Waals surface area contributed by atoms with Gasteiger partial charge in [0.15, 0.2) is 0 Å². The van der Waals surface area contributed by atoms with E-state index in [1.807, 2.05) is 30.4 Å². The molecule has 1 N–H and O–H groups in total. The SMILES string of the molecule is Cc1nc2ccccn2c1C(=O)N=C1C=CC2C(=C1)NC(=O)C=C2C(C)(C)C. The Morgan fingerprint density at radius 1 is 1.25 bits per heavy atom. The Hall–Kier alpha value is -3.28. The van der Waals surface area contributed by atoms with E-state index < -0.39 is 0 Å². The number of aryl methyl sites for hydroxylation is 1. The molecule has 1 aliphatic carbocycles. The van der Waals surface area contributed by atoms with Crippen molar-refractivity contribution in [3.05, 3.63) is 71.4 Å². The van der Waals surface area contributed by atoms with Crippen LogP contribution in [0.1, 0.15) is 37.0 Å². The lowest BCUT2D eigenvalue weighted by atomic mass is 9.74. The second-order valence-electron chi connectivity index (χ2n) is 8.09. The van der Waals surface area contributed by atoms with Gasteiger partial charge in [-0.3, -0.25) is 14.0 Å². The van der Waals surface area contributed by atoms with E-state index in [9.17, 15) is 9.59 Å². The highest BCUT2D eigenvalue weighted by Crippen LogP contribution is 2.38. The van der Waals surface area contributed by atoms with Crippen molar-refractivity contribution in [2.24, 2.45) is 16.3 Å². The number of hydrogen-bond donors (Lipinski definition) is 1. The summed E-state index contributed by atoms with van der Waals surface area (Å²) in [7, 11) is 0. The minimum absolute atomic E-state index is 0.00992. The van der Waals surface area contributed by atoms with Gasteiger partial charge in [0, 0.05) is 23.9 Å². The fourth-order valence-electron chi connectivity index (χ4n) is 3.68. The fraction of sp³-hybridized carbons (Fsp3) is 0.273. The van der Waals surface area contributed by atoms with Crippen molar-refractivity contribution in [1.82, 2.24) is 14.7 Å². The van der Waals surface area contributed by atoms with Crippen LogP contribution >= 0.6 is 0 Å². The molecule has 2 aromatic heterocycles. The molecule has 3 heterocycles. The Balaban J connectivity index is 1.69. The van der Waals surface area contributed by atoms with Crippen LogP contribution in [-0.4, -0.2) is 26.9 Å². The van der Waals surface area contributed by atoms with Crippen molar-refractivity contribution < 1.29 is 9.59 Å². The van der Waals surface area contributed by atoms with Crippen LogP contribution < -0.4 is 5.32 Å². The first-order valence-electron chi connectivity index (χ1n) is 9.23. The molecule has 0 aromatic carbocycles. The van der Waals surface area contributed by atoms with Crippen molar-refractivity contribution in [3.8, 4) is 0 Å². The molecule has 2 aliphatic rings. The maximum atomic E-state index is 12.8. The minimum Gasteiger partial charge on any atom is -0.325 e. The number of rotatable bonds is 1. The number of aliphatic imine (C=N–C) groups is 1. The number of nitrogens with one attached hydrogen (secondary N) is 1. The molecule has 28 heavy (non-hydrogen) atoms. The molecule has 142 valence electrons. The largest absolute Gasteiger partial charge is 0.325 e. The number of carbonyl (C=O) groups excluding carboxylic acids is 2. The van der Waals surface area contributed by atoms with Crippen LogP contribution in [0, 0.1) is 18.3 Å². The van der Waals surface area contributed by atoms with Crippen molar-refractivity contribution in [2.75, 3.05) is 0 Å². The van der Waals surface area contributed by atoms with Gasteiger partial charge in [-0.2, -0.15) is 0 Å². The first-order chi connectivity index (χ1) is 13.2. The summed E-state index contributed by atoms with van der Waals surface area (Å²) in [6.07, 6.45) is 9.07. The van der Waals surface area contributed by atoms with Crippen molar-refractivity contribution in [1.29, 1.82) is 0 Å². The summed E-state index contributed by atoms with van der Waals surface area (Å²) in [4.78, 5) is 33.6. The number of pyridine rings is 1. The van der Waals surface area contributed by atoms with E-state index in [1.54, 1.807) is 29.7 Å². The smallest absolute Gasteiger partial charge is 0.296 e. The highest BCUT2D eigenvalue weighted by atomic mass is 16.2. The minimum atomic E-state index is -0.361. The number of imidazole rings is 1. The number of allylic oxidation sites excluding steroid dienone is 3. The number of fused-ring (bicyclic) bond motifs is 2. The van der Waals surface area contributed by atoms with E-state index in [0.717, 1.165) is 11.3 Å². The summed E-state index contributed by atoms with van der Waals surface area (Å²) in [5.41, 5.74) is 3.96. The third kappa shape index (κ3) is 3.11. The summed E-state index contributed by atoms with van der Waals surface area (Å²) in [6, 6.07) is 5.58. The van der Waals surface area contributed by atoms with Gasteiger partial charge in [-0.1, -0.05) is 32.9 Å². The summed E-state index contributed by atoms with van der Waals surface area (Å²) in [6.45, 7) is 8.06. The molecule has 2 amide bonds. The van der Waals surface area contributed by atoms with Crippen LogP contribution in [0.15, 0.2) is 65.0 Å². The van der Waals surface area contributed by atoms with Gasteiger partial charge in [0.05, 0.1) is 11.4 Å². The van der Waals surface area contributed by atoms with E-state index in [1.165, 1.54) is 0 Å².